The molecule has 1 fully saturated rings. The van der Waals surface area contributed by atoms with Crippen molar-refractivity contribution in [1.82, 2.24) is 14.8 Å². The Kier molecular flexibility index (Phi) is 7.29. The third kappa shape index (κ3) is 5.93. The van der Waals surface area contributed by atoms with Gasteiger partial charge in [0.05, 0.1) is 6.61 Å². The van der Waals surface area contributed by atoms with Crippen molar-refractivity contribution in [2.45, 2.75) is 39.2 Å². The third-order valence-electron chi connectivity index (χ3n) is 6.21. The van der Waals surface area contributed by atoms with Crippen LogP contribution in [-0.2, 0) is 16.1 Å². The summed E-state index contributed by atoms with van der Waals surface area (Å²) in [4.78, 5) is 28.0. The topological polar surface area (TPSA) is 94.3 Å². The second kappa shape index (κ2) is 10.5. The molecule has 0 spiro atoms. The van der Waals surface area contributed by atoms with Crippen LogP contribution in [0.1, 0.15) is 31.2 Å². The van der Waals surface area contributed by atoms with E-state index in [1.165, 1.54) is 0 Å². The van der Waals surface area contributed by atoms with Gasteiger partial charge in [0.1, 0.15) is 12.3 Å². The van der Waals surface area contributed by atoms with Crippen molar-refractivity contribution in [2.24, 2.45) is 11.8 Å². The molecule has 0 saturated heterocycles. The highest BCUT2D eigenvalue weighted by Crippen LogP contribution is 2.31. The van der Waals surface area contributed by atoms with E-state index in [1.807, 2.05) is 43.3 Å². The fourth-order valence-corrected chi connectivity index (χ4v) is 4.49. The largest absolute Gasteiger partial charge is 0.480 e. The van der Waals surface area contributed by atoms with Gasteiger partial charge in [0, 0.05) is 36.1 Å². The zero-order chi connectivity index (χ0) is 23.2. The normalized spacial score (nSPS) is 18.2. The van der Waals surface area contributed by atoms with Crippen molar-refractivity contribution in [3.63, 3.8) is 0 Å². The molecule has 1 aliphatic rings. The molecule has 7 heteroatoms. The van der Waals surface area contributed by atoms with E-state index >= 15 is 0 Å². The van der Waals surface area contributed by atoms with Gasteiger partial charge in [-0.1, -0.05) is 30.3 Å². The molecule has 0 unspecified atom stereocenters. The molecule has 2 aromatic heterocycles. The smallest absolute Gasteiger partial charge is 0.329 e. The van der Waals surface area contributed by atoms with Crippen LogP contribution in [-0.4, -0.2) is 39.1 Å². The Hall–Kier alpha value is -3.32. The molecule has 1 aromatic carbocycles. The Morgan fingerprint density at radius 1 is 1.06 bits per heavy atom. The highest BCUT2D eigenvalue weighted by Gasteiger charge is 2.23. The molecule has 172 valence electrons. The molecule has 0 amide bonds. The number of carbonyl (C=O) groups is 1. The van der Waals surface area contributed by atoms with E-state index in [4.69, 9.17) is 14.9 Å². The Morgan fingerprint density at radius 2 is 1.79 bits per heavy atom. The number of carboxylic acid groups (broad SMARTS) is 1. The monoisotopic (exact) mass is 447 g/mol. The zero-order valence-corrected chi connectivity index (χ0v) is 18.8. The lowest BCUT2D eigenvalue weighted by atomic mass is 9.82. The number of rotatable bonds is 8. The first kappa shape index (κ1) is 22.9. The number of benzene rings is 1. The Balaban J connectivity index is 1.54. The SMILES string of the molecule is Cc1cncc(-c2nn(C[C@H]3CC[C@@H](COCC(=O)O)CC3)c(=O)cc2-c2ccccc2)c1. The van der Waals surface area contributed by atoms with Gasteiger partial charge in [-0.15, -0.1) is 0 Å². The van der Waals surface area contributed by atoms with Crippen LogP contribution >= 0.6 is 0 Å². The van der Waals surface area contributed by atoms with Gasteiger partial charge < -0.3 is 9.84 Å². The first-order chi connectivity index (χ1) is 16.0. The lowest BCUT2D eigenvalue weighted by Crippen LogP contribution is -2.29. The van der Waals surface area contributed by atoms with Gasteiger partial charge in [-0.2, -0.15) is 5.10 Å². The van der Waals surface area contributed by atoms with Crippen LogP contribution in [0, 0.1) is 18.8 Å². The summed E-state index contributed by atoms with van der Waals surface area (Å²) in [6, 6.07) is 13.6. The van der Waals surface area contributed by atoms with Crippen molar-refractivity contribution in [3.05, 3.63) is 70.8 Å². The molecule has 0 radical (unpaired) electrons. The summed E-state index contributed by atoms with van der Waals surface area (Å²) < 4.78 is 6.86. The Morgan fingerprint density at radius 3 is 2.48 bits per heavy atom. The van der Waals surface area contributed by atoms with E-state index in [-0.39, 0.29) is 12.2 Å². The number of aryl methyl sites for hydroxylation is 1. The Bertz CT molecular complexity index is 1150. The van der Waals surface area contributed by atoms with Gasteiger partial charge in [0.15, 0.2) is 0 Å². The van der Waals surface area contributed by atoms with E-state index in [0.717, 1.165) is 53.6 Å². The first-order valence-corrected chi connectivity index (χ1v) is 11.4. The zero-order valence-electron chi connectivity index (χ0n) is 18.8. The number of aromatic nitrogens is 3. The highest BCUT2D eigenvalue weighted by molar-refractivity contribution is 5.80. The van der Waals surface area contributed by atoms with E-state index in [9.17, 15) is 9.59 Å². The van der Waals surface area contributed by atoms with Crippen LogP contribution in [0.4, 0.5) is 0 Å². The standard InChI is InChI=1S/C26H29N3O4/c1-18-11-22(14-27-13-18)26-23(21-5-3-2-4-6-21)12-24(30)29(28-26)15-19-7-9-20(10-8-19)16-33-17-25(31)32/h2-6,11-14,19-20H,7-10,15-17H2,1H3,(H,31,32)/t19-,20+. The molecule has 0 atom stereocenters. The maximum Gasteiger partial charge on any atom is 0.329 e. The van der Waals surface area contributed by atoms with Gasteiger partial charge in [-0.25, -0.2) is 9.48 Å². The second-order valence-electron chi connectivity index (χ2n) is 8.84. The summed E-state index contributed by atoms with van der Waals surface area (Å²) in [6.07, 6.45) is 7.47. The van der Waals surface area contributed by atoms with E-state index in [2.05, 4.69) is 4.98 Å². The number of nitrogens with zero attached hydrogens (tertiary/aromatic N) is 3. The van der Waals surface area contributed by atoms with Crippen LogP contribution < -0.4 is 5.56 Å². The van der Waals surface area contributed by atoms with Crippen LogP contribution in [0.2, 0.25) is 0 Å². The van der Waals surface area contributed by atoms with E-state index in [1.54, 1.807) is 23.1 Å². The summed E-state index contributed by atoms with van der Waals surface area (Å²) in [5, 5.41) is 13.5. The molecule has 1 N–H and O–H groups in total. The highest BCUT2D eigenvalue weighted by atomic mass is 16.5. The molecule has 3 aromatic rings. The average Bonchev–Trinajstić information content (AvgIpc) is 2.81. The fraction of sp³-hybridized carbons (Fsp3) is 0.385. The average molecular weight is 448 g/mol. The van der Waals surface area contributed by atoms with Crippen LogP contribution in [0.5, 0.6) is 0 Å². The quantitative estimate of drug-likeness (QED) is 0.556. The van der Waals surface area contributed by atoms with Gasteiger partial charge in [-0.3, -0.25) is 9.78 Å². The van der Waals surface area contributed by atoms with E-state index < -0.39 is 5.97 Å². The van der Waals surface area contributed by atoms with Gasteiger partial charge in [0.2, 0.25) is 0 Å². The number of aliphatic carboxylic acids is 1. The molecule has 7 nitrogen and oxygen atoms in total. The van der Waals surface area contributed by atoms with Crippen LogP contribution in [0.25, 0.3) is 22.4 Å². The van der Waals surface area contributed by atoms with Crippen molar-refractivity contribution in [3.8, 4) is 22.4 Å². The van der Waals surface area contributed by atoms with Crippen LogP contribution in [0.3, 0.4) is 0 Å². The molecule has 1 aliphatic carbocycles. The molecular weight excluding hydrogens is 418 g/mol. The fourth-order valence-electron chi connectivity index (χ4n) is 4.49. The van der Waals surface area contributed by atoms with Crippen LogP contribution in [0.15, 0.2) is 59.7 Å². The number of hydrogen-bond donors (Lipinski definition) is 1. The summed E-state index contributed by atoms with van der Waals surface area (Å²) in [5.41, 5.74) is 4.34. The molecule has 1 saturated carbocycles. The number of pyridine rings is 1. The van der Waals surface area contributed by atoms with E-state index in [0.29, 0.717) is 25.0 Å². The third-order valence-corrected chi connectivity index (χ3v) is 6.21. The number of carboxylic acids is 1. The summed E-state index contributed by atoms with van der Waals surface area (Å²) in [7, 11) is 0. The molecule has 4 rings (SSSR count). The Labute approximate surface area is 193 Å². The lowest BCUT2D eigenvalue weighted by molar-refractivity contribution is -0.142. The van der Waals surface area contributed by atoms with Crippen molar-refractivity contribution in [2.75, 3.05) is 13.2 Å². The minimum atomic E-state index is -0.937. The summed E-state index contributed by atoms with van der Waals surface area (Å²) >= 11 is 0. The molecule has 33 heavy (non-hydrogen) atoms. The first-order valence-electron chi connectivity index (χ1n) is 11.4. The lowest BCUT2D eigenvalue weighted by Gasteiger charge is -2.28. The molecule has 2 heterocycles. The minimum absolute atomic E-state index is 0.106. The number of ether oxygens (including phenoxy) is 1. The van der Waals surface area contributed by atoms with Gasteiger partial charge >= 0.3 is 5.97 Å². The predicted molar refractivity (Wildman–Crippen MR) is 126 cm³/mol. The summed E-state index contributed by atoms with van der Waals surface area (Å²) in [5.74, 6) is -0.204. The van der Waals surface area contributed by atoms with Gasteiger partial charge in [0.25, 0.3) is 5.56 Å². The van der Waals surface area contributed by atoms with Gasteiger partial charge in [-0.05, 0) is 61.6 Å². The second-order valence-corrected chi connectivity index (χ2v) is 8.84. The van der Waals surface area contributed by atoms with Crippen molar-refractivity contribution >= 4 is 5.97 Å². The number of hydrogen-bond acceptors (Lipinski definition) is 5. The minimum Gasteiger partial charge on any atom is -0.480 e. The predicted octanol–water partition coefficient (Wildman–Crippen LogP) is 4.19. The van der Waals surface area contributed by atoms with Crippen molar-refractivity contribution in [1.29, 1.82) is 0 Å². The summed E-state index contributed by atoms with van der Waals surface area (Å²) in [6.45, 7) is 2.80. The molecular formula is C26H29N3O4. The molecule has 0 bridgehead atoms. The molecule has 0 aliphatic heterocycles. The maximum absolute atomic E-state index is 13.0. The van der Waals surface area contributed by atoms with Crippen molar-refractivity contribution < 1.29 is 14.6 Å². The maximum atomic E-state index is 13.0.